The summed E-state index contributed by atoms with van der Waals surface area (Å²) in [5.41, 5.74) is 0. The molecule has 1 rings (SSSR count). The second-order valence-electron chi connectivity index (χ2n) is 1.26. The summed E-state index contributed by atoms with van der Waals surface area (Å²) in [6.45, 7) is 0. The van der Waals surface area contributed by atoms with E-state index in [2.05, 4.69) is 0 Å². The molecule has 1 atom stereocenters. The minimum Gasteiger partial charge on any atom is -0.549 e. The van der Waals surface area contributed by atoms with Gasteiger partial charge in [0.1, 0.15) is 0 Å². The Morgan fingerprint density at radius 1 is 1.67 bits per heavy atom. The van der Waals surface area contributed by atoms with Gasteiger partial charge < -0.3 is 9.90 Å². The smallest absolute Gasteiger partial charge is 0.549 e. The van der Waals surface area contributed by atoms with E-state index in [-0.39, 0.29) is 22.4 Å². The van der Waals surface area contributed by atoms with E-state index in [0.29, 0.717) is 0 Å². The van der Waals surface area contributed by atoms with Gasteiger partial charge in [-0.2, -0.15) is 0 Å². The van der Waals surface area contributed by atoms with Crippen LogP contribution in [-0.2, 0) is 27.2 Å². The van der Waals surface area contributed by atoms with Crippen LogP contribution in [0, 0.1) is 0 Å². The molecule has 2 nitrogen and oxygen atoms in total. The molecule has 54 valence electrons. The maximum absolute atomic E-state index is 10.0. The van der Waals surface area contributed by atoms with E-state index in [9.17, 15) is 9.90 Å². The van der Waals surface area contributed by atoms with Crippen LogP contribution in [0.3, 0.4) is 0 Å². The third-order valence-electron chi connectivity index (χ3n) is 0.700. The van der Waals surface area contributed by atoms with Gasteiger partial charge in [-0.15, -0.1) is 0 Å². The molecule has 5 heteroatoms. The first kappa shape index (κ1) is 9.65. The molecule has 0 radical (unpaired) electrons. The van der Waals surface area contributed by atoms with Crippen LogP contribution in [-0.4, -0.2) is 11.2 Å². The number of aliphatic carboxylic acids is 1. The van der Waals surface area contributed by atoms with Crippen molar-refractivity contribution in [2.45, 2.75) is 5.25 Å². The van der Waals surface area contributed by atoms with Crippen LogP contribution in [0.5, 0.6) is 0 Å². The van der Waals surface area contributed by atoms with E-state index in [1.54, 1.807) is 11.5 Å². The van der Waals surface area contributed by atoms with E-state index in [1.807, 2.05) is 0 Å². The fraction of sp³-hybridized carbons (Fsp3) is 0.250. The zero-order chi connectivity index (χ0) is 5.98. The predicted molar refractivity (Wildman–Crippen MR) is 33.1 cm³/mol. The van der Waals surface area contributed by atoms with Gasteiger partial charge in [-0.1, -0.05) is 27.7 Å². The number of carboxylic acid groups (broad SMARTS) is 1. The summed E-state index contributed by atoms with van der Waals surface area (Å²) in [5, 5.41) is 11.3. The summed E-state index contributed by atoms with van der Waals surface area (Å²) < 4.78 is 0. The fourth-order valence-electron chi connectivity index (χ4n) is 0.345. The number of rotatable bonds is 1. The Labute approximate surface area is 76.4 Å². The quantitative estimate of drug-likeness (QED) is 0.497. The normalized spacial score (nSPS) is 23.3. The second kappa shape index (κ2) is 4.46. The molecule has 0 amide bonds. The molecular formula is C4H3AuO2S2. The molecule has 0 saturated carbocycles. The number of carbonyl (C=O) groups is 1. The van der Waals surface area contributed by atoms with Crippen molar-refractivity contribution in [1.29, 1.82) is 0 Å². The molecule has 0 aromatic rings. The summed E-state index contributed by atoms with van der Waals surface area (Å²) in [6.07, 6.45) is 1.62. The number of carbonyl (C=O) groups excluding carboxylic acids is 1. The van der Waals surface area contributed by atoms with E-state index in [1.165, 1.54) is 21.6 Å². The van der Waals surface area contributed by atoms with Crippen LogP contribution in [0.25, 0.3) is 0 Å². The molecule has 0 aromatic carbocycles. The molecule has 0 saturated heterocycles. The SMILES string of the molecule is O=C([O-])C1C=CSS1.[Au+]. The minimum absolute atomic E-state index is 0. The largest absolute Gasteiger partial charge is 1.00 e. The molecule has 1 aliphatic heterocycles. The van der Waals surface area contributed by atoms with E-state index >= 15 is 0 Å². The van der Waals surface area contributed by atoms with Gasteiger partial charge in [0.2, 0.25) is 0 Å². The zero-order valence-electron chi connectivity index (χ0n) is 4.17. The Morgan fingerprint density at radius 3 is 2.56 bits per heavy atom. The molecule has 0 N–H and O–H groups in total. The molecule has 1 aliphatic rings. The van der Waals surface area contributed by atoms with Crippen LogP contribution in [0.15, 0.2) is 11.5 Å². The van der Waals surface area contributed by atoms with E-state index < -0.39 is 11.2 Å². The summed E-state index contributed by atoms with van der Waals surface area (Å²) >= 11 is 0. The van der Waals surface area contributed by atoms with Gasteiger partial charge in [0.25, 0.3) is 0 Å². The summed E-state index contributed by atoms with van der Waals surface area (Å²) in [7, 11) is 2.72. The molecule has 0 aliphatic carbocycles. The van der Waals surface area contributed by atoms with Crippen molar-refractivity contribution in [2.24, 2.45) is 0 Å². The molecule has 9 heavy (non-hydrogen) atoms. The molecule has 1 unspecified atom stereocenters. The van der Waals surface area contributed by atoms with Gasteiger partial charge >= 0.3 is 22.4 Å². The first-order valence-electron chi connectivity index (χ1n) is 2.00. The molecule has 0 aromatic heterocycles. The summed E-state index contributed by atoms with van der Waals surface area (Å²) in [6, 6.07) is 0. The van der Waals surface area contributed by atoms with Crippen LogP contribution >= 0.6 is 21.6 Å². The van der Waals surface area contributed by atoms with Crippen LogP contribution in [0.4, 0.5) is 0 Å². The monoisotopic (exact) mass is 344 g/mol. The Balaban J connectivity index is 0.000000640. The van der Waals surface area contributed by atoms with Gasteiger partial charge in [-0.05, 0) is 5.41 Å². The molecule has 0 fully saturated rings. The van der Waals surface area contributed by atoms with Crippen molar-refractivity contribution in [3.05, 3.63) is 11.5 Å². The van der Waals surface area contributed by atoms with Gasteiger partial charge in [-0.25, -0.2) is 0 Å². The van der Waals surface area contributed by atoms with Gasteiger partial charge in [-0.3, -0.25) is 0 Å². The van der Waals surface area contributed by atoms with Crippen LogP contribution < -0.4 is 5.11 Å². The Kier molecular flexibility index (Phi) is 4.79. The topological polar surface area (TPSA) is 40.1 Å². The maximum atomic E-state index is 10.0. The first-order valence-corrected chi connectivity index (χ1v) is 4.28. The van der Waals surface area contributed by atoms with Crippen LogP contribution in [0.2, 0.25) is 0 Å². The Morgan fingerprint density at radius 2 is 2.33 bits per heavy atom. The van der Waals surface area contributed by atoms with Gasteiger partial charge in [0.05, 0.1) is 11.2 Å². The first-order chi connectivity index (χ1) is 3.80. The summed E-state index contributed by atoms with van der Waals surface area (Å²) in [4.78, 5) is 10.0. The van der Waals surface area contributed by atoms with Crippen molar-refractivity contribution in [3.63, 3.8) is 0 Å². The van der Waals surface area contributed by atoms with Crippen molar-refractivity contribution < 1.29 is 32.3 Å². The Hall–Kier alpha value is 0.650. The third kappa shape index (κ3) is 2.82. The standard InChI is InChI=1S/C4H4O2S2.Au/c5-4(6)3-1-2-7-8-3;/h1-3H,(H,5,6);/q;+1/p-1. The zero-order valence-corrected chi connectivity index (χ0v) is 7.97. The number of carboxylic acids is 1. The number of hydrogen-bond acceptors (Lipinski definition) is 4. The molecule has 1 heterocycles. The van der Waals surface area contributed by atoms with Crippen LogP contribution in [0.1, 0.15) is 0 Å². The van der Waals surface area contributed by atoms with Gasteiger partial charge in [0.15, 0.2) is 0 Å². The molecule has 0 spiro atoms. The third-order valence-corrected chi connectivity index (χ3v) is 2.93. The molecular weight excluding hydrogens is 341 g/mol. The van der Waals surface area contributed by atoms with Gasteiger partial charge in [0, 0.05) is 0 Å². The Bertz CT molecular complexity index is 137. The van der Waals surface area contributed by atoms with Crippen molar-refractivity contribution in [2.75, 3.05) is 0 Å². The second-order valence-corrected chi connectivity index (χ2v) is 3.58. The van der Waals surface area contributed by atoms with E-state index in [4.69, 9.17) is 0 Å². The summed E-state index contributed by atoms with van der Waals surface area (Å²) in [5.74, 6) is -1.00. The fourth-order valence-corrected chi connectivity index (χ4v) is 2.24. The van der Waals surface area contributed by atoms with Crippen molar-refractivity contribution in [1.82, 2.24) is 0 Å². The molecule has 0 bridgehead atoms. The minimum atomic E-state index is -1.00. The maximum Gasteiger partial charge on any atom is 1.00 e. The van der Waals surface area contributed by atoms with Crippen molar-refractivity contribution in [3.8, 4) is 0 Å². The van der Waals surface area contributed by atoms with E-state index in [0.717, 1.165) is 0 Å². The number of hydrogen-bond donors (Lipinski definition) is 0. The average molecular weight is 344 g/mol. The predicted octanol–water partition coefficient (Wildman–Crippen LogP) is 0.0111. The average Bonchev–Trinajstić information content (AvgIpc) is 2.12. The van der Waals surface area contributed by atoms with Crippen molar-refractivity contribution >= 4 is 27.6 Å².